The largest absolute Gasteiger partial charge is 0.508 e. The number of phenols is 3. The van der Waals surface area contributed by atoms with E-state index in [2.05, 4.69) is 4.74 Å². The van der Waals surface area contributed by atoms with Gasteiger partial charge in [-0.2, -0.15) is 0 Å². The molecule has 18 nitrogen and oxygen atoms in total. The van der Waals surface area contributed by atoms with Crippen molar-refractivity contribution in [3.8, 4) is 34.5 Å². The number of methoxy groups -OCH3 is 2. The Bertz CT molecular complexity index is 2570. The number of carboxylic acids is 1. The molecule has 1 fully saturated rings. The fraction of sp³-hybridized carbons (Fsp3) is 0.245. The van der Waals surface area contributed by atoms with E-state index in [4.69, 9.17) is 24.4 Å². The summed E-state index contributed by atoms with van der Waals surface area (Å²) < 4.78 is 19.6. The van der Waals surface area contributed by atoms with Crippen molar-refractivity contribution in [1.29, 1.82) is 0 Å². The van der Waals surface area contributed by atoms with Crippen LogP contribution in [0.25, 0.3) is 24.3 Å². The van der Waals surface area contributed by atoms with Crippen molar-refractivity contribution in [2.24, 2.45) is 0 Å². The van der Waals surface area contributed by atoms with Gasteiger partial charge in [0.1, 0.15) is 11.5 Å². The predicted octanol–water partition coefficient (Wildman–Crippen LogP) is 7.04. The van der Waals surface area contributed by atoms with Crippen molar-refractivity contribution in [2.75, 3.05) is 14.2 Å². The molecule has 0 unspecified atom stereocenters. The van der Waals surface area contributed by atoms with E-state index in [-0.39, 0.29) is 105 Å². The fourth-order valence-corrected chi connectivity index (χ4v) is 5.84. The second kappa shape index (κ2) is 30.8. The number of cyclic esters (lactones) is 2. The second-order valence-electron chi connectivity index (χ2n) is 14.9. The van der Waals surface area contributed by atoms with Crippen LogP contribution in [0.5, 0.6) is 34.5 Å². The molecule has 6 N–H and O–H groups in total. The topological polar surface area (TPSA) is 295 Å². The molecule has 18 heteroatoms. The maximum Gasteiger partial charge on any atom is 0.313 e. The van der Waals surface area contributed by atoms with E-state index < -0.39 is 23.5 Å². The Hall–Kier alpha value is -8.48. The summed E-state index contributed by atoms with van der Waals surface area (Å²) in [7, 11) is 2.81. The summed E-state index contributed by atoms with van der Waals surface area (Å²) in [6, 6.07) is 18.4. The van der Waals surface area contributed by atoms with Crippen molar-refractivity contribution < 1.29 is 87.9 Å². The third-order valence-corrected chi connectivity index (χ3v) is 9.47. The first kappa shape index (κ1) is 58.6. The van der Waals surface area contributed by atoms with Gasteiger partial charge in [0.25, 0.3) is 0 Å². The molecule has 1 aliphatic heterocycles. The number of hydrogen-bond donors (Lipinski definition) is 6. The van der Waals surface area contributed by atoms with Gasteiger partial charge in [-0.1, -0.05) is 56.0 Å². The number of aliphatic carboxylic acids is 1. The second-order valence-corrected chi connectivity index (χ2v) is 14.9. The zero-order valence-corrected chi connectivity index (χ0v) is 38.2. The summed E-state index contributed by atoms with van der Waals surface area (Å²) in [5.74, 6) is -3.29. The summed E-state index contributed by atoms with van der Waals surface area (Å²) in [5.41, 5.74) is 3.13. The molecular formula is C53H56O18. The van der Waals surface area contributed by atoms with Crippen molar-refractivity contribution in [2.45, 2.75) is 72.0 Å². The van der Waals surface area contributed by atoms with Crippen LogP contribution in [0.2, 0.25) is 0 Å². The number of phenolic OH excluding ortho intramolecular Hbond substituents is 1. The number of ether oxygens (including phenoxy) is 4. The standard InChI is InChI=1S/C26H26O9.C21H20O6.C5H6O3.CH4/c1-34-24-14-18(8-12-23(24)35-26(33)4-2-3-25(31)32)6-10-21(29)15-20(28)9-5-17-7-11-22(30)19(13-17)16-27;1-27-21-11-15(5-9-20(21)26)3-7-18(24)12-17(23)6-2-14-4-8-19(25)16(10-14)13-22;6-4-2-1-3-5(7)8-4;/h5-14,27,30H,2-4,15-16H2,1H3,(H,31,32);2-11,22,25-26H,12-13H2,1H3;1-3H2;1H4/b9-5-,10-6-;6-2-,7-3-;;. The van der Waals surface area contributed by atoms with Gasteiger partial charge in [-0.15, -0.1) is 0 Å². The number of benzene rings is 4. The SMILES string of the molecule is C.COc1cc(/C=C\C(=O)CC(=O)/C=C\c2ccc(O)c(CO)c2)ccc1O.COc1cc(/C=C\C(=O)CC(=O)/C=C\c2ccc(O)c(CO)c2)ccc1OC(=O)CCCC(=O)O.O=C1CCCC(=O)O1. The highest BCUT2D eigenvalue weighted by Gasteiger charge is 2.16. The smallest absolute Gasteiger partial charge is 0.313 e. The van der Waals surface area contributed by atoms with Gasteiger partial charge in [0.05, 0.1) is 40.3 Å². The molecule has 4 aromatic carbocycles. The van der Waals surface area contributed by atoms with Gasteiger partial charge < -0.3 is 49.6 Å². The minimum atomic E-state index is -0.993. The lowest BCUT2D eigenvalue weighted by Crippen LogP contribution is -2.17. The highest BCUT2D eigenvalue weighted by atomic mass is 16.6. The van der Waals surface area contributed by atoms with Crippen LogP contribution in [0.15, 0.2) is 97.1 Å². The number of hydrogen-bond acceptors (Lipinski definition) is 17. The van der Waals surface area contributed by atoms with E-state index in [1.165, 1.54) is 93.2 Å². The molecule has 0 aliphatic carbocycles. The summed E-state index contributed by atoms with van der Waals surface area (Å²) in [6.07, 6.45) is 11.9. The first-order chi connectivity index (χ1) is 33.4. The average molecular weight is 981 g/mol. The first-order valence-corrected chi connectivity index (χ1v) is 21.3. The molecule has 0 atom stereocenters. The Morgan fingerprint density at radius 3 is 1.32 bits per heavy atom. The first-order valence-electron chi connectivity index (χ1n) is 21.3. The van der Waals surface area contributed by atoms with E-state index in [0.29, 0.717) is 58.4 Å². The van der Waals surface area contributed by atoms with Crippen molar-refractivity contribution in [3.05, 3.63) is 130 Å². The summed E-state index contributed by atoms with van der Waals surface area (Å²) in [4.78, 5) is 90.9. The molecule has 1 aliphatic rings. The Morgan fingerprint density at radius 1 is 0.549 bits per heavy atom. The molecule has 71 heavy (non-hydrogen) atoms. The Kier molecular flexibility index (Phi) is 25.4. The monoisotopic (exact) mass is 980 g/mol. The lowest BCUT2D eigenvalue weighted by molar-refractivity contribution is -0.163. The normalized spacial score (nSPS) is 12.0. The average Bonchev–Trinajstić information content (AvgIpc) is 3.33. The van der Waals surface area contributed by atoms with Crippen LogP contribution in [-0.2, 0) is 56.3 Å². The minimum Gasteiger partial charge on any atom is -0.508 e. The van der Waals surface area contributed by atoms with Gasteiger partial charge in [-0.25, -0.2) is 0 Å². The number of ketones is 4. The van der Waals surface area contributed by atoms with Crippen LogP contribution in [0.3, 0.4) is 0 Å². The molecule has 1 saturated heterocycles. The highest BCUT2D eigenvalue weighted by molar-refractivity contribution is 6.11. The third kappa shape index (κ3) is 22.0. The zero-order chi connectivity index (χ0) is 51.6. The lowest BCUT2D eigenvalue weighted by Gasteiger charge is -2.09. The molecule has 0 amide bonds. The van der Waals surface area contributed by atoms with Crippen LogP contribution < -0.4 is 14.2 Å². The van der Waals surface area contributed by atoms with Crippen LogP contribution in [-0.4, -0.2) is 91.9 Å². The molecule has 0 spiro atoms. The molecule has 5 rings (SSSR count). The third-order valence-electron chi connectivity index (χ3n) is 9.47. The van der Waals surface area contributed by atoms with Crippen LogP contribution in [0.4, 0.5) is 0 Å². The number of aliphatic hydroxyl groups excluding tert-OH is 2. The van der Waals surface area contributed by atoms with E-state index >= 15 is 0 Å². The minimum absolute atomic E-state index is 0. The highest BCUT2D eigenvalue weighted by Crippen LogP contribution is 2.30. The zero-order valence-electron chi connectivity index (χ0n) is 38.2. The van der Waals surface area contributed by atoms with Gasteiger partial charge >= 0.3 is 23.9 Å². The summed E-state index contributed by atoms with van der Waals surface area (Å²) >= 11 is 0. The number of carboxylic acid groups (broad SMARTS) is 1. The van der Waals surface area contributed by atoms with Crippen molar-refractivity contribution >= 4 is 71.3 Å². The molecule has 0 bridgehead atoms. The van der Waals surface area contributed by atoms with E-state index in [0.717, 1.165) is 0 Å². The maximum absolute atomic E-state index is 12.1. The number of carbonyl (C=O) groups is 8. The molecule has 376 valence electrons. The van der Waals surface area contributed by atoms with E-state index in [1.807, 2.05) is 0 Å². The number of rotatable bonds is 21. The van der Waals surface area contributed by atoms with Gasteiger partial charge in [-0.05, 0) is 108 Å². The van der Waals surface area contributed by atoms with Gasteiger partial charge in [0.15, 0.2) is 46.1 Å². The summed E-state index contributed by atoms with van der Waals surface area (Å²) in [6.45, 7) is -0.654. The predicted molar refractivity (Wildman–Crippen MR) is 260 cm³/mol. The quantitative estimate of drug-likeness (QED) is 0.0211. The number of esters is 3. The molecular weight excluding hydrogens is 925 g/mol. The van der Waals surface area contributed by atoms with Gasteiger partial charge in [-0.3, -0.25) is 38.4 Å². The maximum atomic E-state index is 12.1. The molecule has 0 aromatic heterocycles. The molecule has 4 aromatic rings. The Balaban J connectivity index is 0.000000423. The number of aliphatic hydroxyl groups is 2. The van der Waals surface area contributed by atoms with Crippen molar-refractivity contribution in [3.63, 3.8) is 0 Å². The van der Waals surface area contributed by atoms with Crippen LogP contribution in [0, 0.1) is 0 Å². The molecule has 1 heterocycles. The van der Waals surface area contributed by atoms with E-state index in [9.17, 15) is 58.8 Å². The molecule has 0 radical (unpaired) electrons. The van der Waals surface area contributed by atoms with Crippen LogP contribution >= 0.6 is 0 Å². The van der Waals surface area contributed by atoms with Gasteiger partial charge in [0, 0.05) is 36.8 Å². The van der Waals surface area contributed by atoms with Crippen molar-refractivity contribution in [1.82, 2.24) is 0 Å². The summed E-state index contributed by atoms with van der Waals surface area (Å²) in [5, 5.41) is 55.5. The Labute approximate surface area is 409 Å². The van der Waals surface area contributed by atoms with Gasteiger partial charge in [0.2, 0.25) is 0 Å². The number of carbonyl (C=O) groups excluding carboxylic acids is 7. The number of aromatic hydroxyl groups is 3. The van der Waals surface area contributed by atoms with Crippen LogP contribution in [0.1, 0.15) is 92.2 Å². The number of allylic oxidation sites excluding steroid dienone is 4. The molecule has 0 saturated carbocycles. The Morgan fingerprint density at radius 2 is 0.944 bits per heavy atom. The lowest BCUT2D eigenvalue weighted by atomic mass is 10.1. The fourth-order valence-electron chi connectivity index (χ4n) is 5.84. The van der Waals surface area contributed by atoms with E-state index in [1.54, 1.807) is 42.5 Å².